The van der Waals surface area contributed by atoms with Crippen LogP contribution in [0.4, 0.5) is 10.5 Å². The van der Waals surface area contributed by atoms with Crippen molar-refractivity contribution < 1.29 is 4.79 Å². The standard InChI is InChI=1S/C23H23N7O/c24-14-15-30(23(31)25-19-6-2-1-3-7-19)16-17-10-12-18(13-11-17)20-8-4-5-9-21(20)22-26-28-29-27-22/h1-13H,14-16,24H2,(H,25,31)(H,26,27,28,29). The molecule has 4 aromatic rings. The quantitative estimate of drug-likeness (QED) is 0.429. The highest BCUT2D eigenvalue weighted by molar-refractivity contribution is 5.89. The van der Waals surface area contributed by atoms with E-state index in [1.54, 1.807) is 4.90 Å². The molecule has 0 saturated heterocycles. The molecule has 0 aliphatic carbocycles. The number of carbonyl (C=O) groups excluding carboxylic acids is 1. The number of rotatable bonds is 7. The van der Waals surface area contributed by atoms with Gasteiger partial charge in [-0.1, -0.05) is 66.7 Å². The van der Waals surface area contributed by atoms with Gasteiger partial charge in [-0.2, -0.15) is 0 Å². The zero-order chi connectivity index (χ0) is 21.5. The van der Waals surface area contributed by atoms with Crippen LogP contribution in [-0.2, 0) is 6.54 Å². The Labute approximate surface area is 180 Å². The van der Waals surface area contributed by atoms with Crippen LogP contribution in [0.3, 0.4) is 0 Å². The van der Waals surface area contributed by atoms with Crippen molar-refractivity contribution >= 4 is 11.7 Å². The van der Waals surface area contributed by atoms with Crippen LogP contribution in [0.5, 0.6) is 0 Å². The van der Waals surface area contributed by atoms with E-state index in [0.717, 1.165) is 27.9 Å². The number of tetrazole rings is 1. The first-order valence-corrected chi connectivity index (χ1v) is 9.98. The molecule has 1 aromatic heterocycles. The van der Waals surface area contributed by atoms with Crippen molar-refractivity contribution in [3.8, 4) is 22.5 Å². The van der Waals surface area contributed by atoms with Crippen LogP contribution in [0, 0.1) is 0 Å². The summed E-state index contributed by atoms with van der Waals surface area (Å²) in [5.74, 6) is 0.617. The molecule has 0 bridgehead atoms. The molecule has 0 atom stereocenters. The molecular formula is C23H23N7O. The number of benzene rings is 3. The number of nitrogens with one attached hydrogen (secondary N) is 2. The largest absolute Gasteiger partial charge is 0.329 e. The third-order valence-electron chi connectivity index (χ3n) is 4.88. The van der Waals surface area contributed by atoms with Gasteiger partial charge in [-0.25, -0.2) is 9.89 Å². The van der Waals surface area contributed by atoms with E-state index in [1.165, 1.54) is 0 Å². The van der Waals surface area contributed by atoms with E-state index in [4.69, 9.17) is 5.73 Å². The van der Waals surface area contributed by atoms with Crippen LogP contribution in [0.15, 0.2) is 78.9 Å². The monoisotopic (exact) mass is 413 g/mol. The molecule has 3 aromatic carbocycles. The maximum Gasteiger partial charge on any atom is 0.322 e. The van der Waals surface area contributed by atoms with Crippen molar-refractivity contribution in [2.45, 2.75) is 6.54 Å². The molecule has 4 N–H and O–H groups in total. The Bertz CT molecular complexity index is 1110. The van der Waals surface area contributed by atoms with Gasteiger partial charge in [-0.05, 0) is 39.2 Å². The number of para-hydroxylation sites is 1. The molecule has 156 valence electrons. The Morgan fingerprint density at radius 3 is 2.32 bits per heavy atom. The normalized spacial score (nSPS) is 10.6. The van der Waals surface area contributed by atoms with Gasteiger partial charge in [-0.15, -0.1) is 5.10 Å². The number of aromatic nitrogens is 4. The highest BCUT2D eigenvalue weighted by Gasteiger charge is 2.14. The van der Waals surface area contributed by atoms with Gasteiger partial charge in [0.1, 0.15) is 0 Å². The van der Waals surface area contributed by atoms with E-state index in [9.17, 15) is 4.79 Å². The van der Waals surface area contributed by atoms with Crippen molar-refractivity contribution in [1.29, 1.82) is 0 Å². The van der Waals surface area contributed by atoms with E-state index in [0.29, 0.717) is 25.5 Å². The zero-order valence-electron chi connectivity index (χ0n) is 16.9. The highest BCUT2D eigenvalue weighted by Crippen LogP contribution is 2.29. The maximum atomic E-state index is 12.7. The average molecular weight is 413 g/mol. The molecule has 8 nitrogen and oxygen atoms in total. The molecule has 1 heterocycles. The smallest absolute Gasteiger partial charge is 0.322 e. The number of amides is 2. The first-order valence-electron chi connectivity index (χ1n) is 9.98. The van der Waals surface area contributed by atoms with Crippen LogP contribution >= 0.6 is 0 Å². The van der Waals surface area contributed by atoms with E-state index in [-0.39, 0.29) is 6.03 Å². The van der Waals surface area contributed by atoms with Crippen LogP contribution in [0.2, 0.25) is 0 Å². The molecular weight excluding hydrogens is 390 g/mol. The lowest BCUT2D eigenvalue weighted by Crippen LogP contribution is -2.37. The summed E-state index contributed by atoms with van der Waals surface area (Å²) in [7, 11) is 0. The Balaban J connectivity index is 1.51. The van der Waals surface area contributed by atoms with Gasteiger partial charge < -0.3 is 16.0 Å². The summed E-state index contributed by atoms with van der Waals surface area (Å²) in [6, 6.07) is 25.2. The van der Waals surface area contributed by atoms with Crippen molar-refractivity contribution in [2.24, 2.45) is 5.73 Å². The number of H-pyrrole nitrogens is 1. The first kappa shape index (κ1) is 20.2. The fraction of sp³-hybridized carbons (Fsp3) is 0.130. The lowest BCUT2D eigenvalue weighted by atomic mass is 9.98. The second-order valence-electron chi connectivity index (χ2n) is 7.00. The summed E-state index contributed by atoms with van der Waals surface area (Å²) in [5, 5.41) is 17.1. The number of aromatic amines is 1. The van der Waals surface area contributed by atoms with E-state index in [1.807, 2.05) is 78.9 Å². The zero-order valence-corrected chi connectivity index (χ0v) is 16.9. The minimum Gasteiger partial charge on any atom is -0.329 e. The number of hydrogen-bond donors (Lipinski definition) is 3. The summed E-state index contributed by atoms with van der Waals surface area (Å²) < 4.78 is 0. The van der Waals surface area contributed by atoms with E-state index in [2.05, 4.69) is 25.9 Å². The van der Waals surface area contributed by atoms with Gasteiger partial charge in [0.15, 0.2) is 5.82 Å². The van der Waals surface area contributed by atoms with Gasteiger partial charge in [0.05, 0.1) is 0 Å². The molecule has 0 fully saturated rings. The number of urea groups is 1. The fourth-order valence-corrected chi connectivity index (χ4v) is 3.36. The summed E-state index contributed by atoms with van der Waals surface area (Å²) in [6.07, 6.45) is 0. The maximum absolute atomic E-state index is 12.7. The number of anilines is 1. The minimum absolute atomic E-state index is 0.177. The van der Waals surface area contributed by atoms with Crippen molar-refractivity contribution in [3.63, 3.8) is 0 Å². The number of carbonyl (C=O) groups is 1. The van der Waals surface area contributed by atoms with Crippen LogP contribution in [0.1, 0.15) is 5.56 Å². The molecule has 31 heavy (non-hydrogen) atoms. The van der Waals surface area contributed by atoms with Crippen LogP contribution in [-0.4, -0.2) is 44.6 Å². The molecule has 0 spiro atoms. The molecule has 0 aliphatic heterocycles. The van der Waals surface area contributed by atoms with Crippen LogP contribution in [0.25, 0.3) is 22.5 Å². The highest BCUT2D eigenvalue weighted by atomic mass is 16.2. The van der Waals surface area contributed by atoms with Gasteiger partial charge in [-0.3, -0.25) is 0 Å². The Hall–Kier alpha value is -4.04. The third-order valence-corrected chi connectivity index (χ3v) is 4.88. The van der Waals surface area contributed by atoms with Crippen LogP contribution < -0.4 is 11.1 Å². The van der Waals surface area contributed by atoms with Gasteiger partial charge >= 0.3 is 6.03 Å². The van der Waals surface area contributed by atoms with Crippen molar-refractivity contribution in [3.05, 3.63) is 84.4 Å². The number of nitrogens with two attached hydrogens (primary N) is 1. The molecule has 0 aliphatic rings. The average Bonchev–Trinajstić information content (AvgIpc) is 3.35. The van der Waals surface area contributed by atoms with Crippen molar-refractivity contribution in [1.82, 2.24) is 25.5 Å². The lowest BCUT2D eigenvalue weighted by molar-refractivity contribution is 0.210. The van der Waals surface area contributed by atoms with Crippen molar-refractivity contribution in [2.75, 3.05) is 18.4 Å². The summed E-state index contributed by atoms with van der Waals surface area (Å²) in [4.78, 5) is 14.4. The lowest BCUT2D eigenvalue weighted by Gasteiger charge is -2.23. The molecule has 8 heteroatoms. The predicted molar refractivity (Wildman–Crippen MR) is 120 cm³/mol. The van der Waals surface area contributed by atoms with Gasteiger partial charge in [0.25, 0.3) is 0 Å². The van der Waals surface area contributed by atoms with E-state index < -0.39 is 0 Å². The third kappa shape index (κ3) is 4.93. The second kappa shape index (κ2) is 9.64. The Morgan fingerprint density at radius 2 is 1.65 bits per heavy atom. The minimum atomic E-state index is -0.177. The predicted octanol–water partition coefficient (Wildman–Crippen LogP) is 3.53. The molecule has 2 amide bonds. The van der Waals surface area contributed by atoms with E-state index >= 15 is 0 Å². The summed E-state index contributed by atoms with van der Waals surface area (Å²) in [5.41, 5.74) is 10.5. The Morgan fingerprint density at radius 1 is 0.935 bits per heavy atom. The topological polar surface area (TPSA) is 113 Å². The second-order valence-corrected chi connectivity index (χ2v) is 7.00. The number of nitrogens with zero attached hydrogens (tertiary/aromatic N) is 4. The number of hydrogen-bond acceptors (Lipinski definition) is 5. The van der Waals surface area contributed by atoms with Gasteiger partial charge in [0.2, 0.25) is 0 Å². The molecule has 0 radical (unpaired) electrons. The van der Waals surface area contributed by atoms with Gasteiger partial charge in [0, 0.05) is 30.9 Å². The summed E-state index contributed by atoms with van der Waals surface area (Å²) in [6.45, 7) is 1.31. The molecule has 0 saturated carbocycles. The fourth-order valence-electron chi connectivity index (χ4n) is 3.36. The Kier molecular flexibility index (Phi) is 6.29. The SMILES string of the molecule is NCCN(Cc1ccc(-c2ccccc2-c2nnn[nH]2)cc1)C(=O)Nc1ccccc1. The first-order chi connectivity index (χ1) is 15.2. The summed E-state index contributed by atoms with van der Waals surface area (Å²) >= 11 is 0. The molecule has 0 unspecified atom stereocenters. The molecule has 4 rings (SSSR count).